The molecule has 2 aromatic carbocycles. The average Bonchev–Trinajstić information content (AvgIpc) is 2.85. The summed E-state index contributed by atoms with van der Waals surface area (Å²) < 4.78 is 21.2. The molecule has 0 radical (unpaired) electrons. The fraction of sp³-hybridized carbons (Fsp3) is 0.333. The van der Waals surface area contributed by atoms with E-state index in [2.05, 4.69) is 5.32 Å². The number of benzene rings is 2. The van der Waals surface area contributed by atoms with Crippen LogP contribution in [0.5, 0.6) is 11.5 Å². The van der Waals surface area contributed by atoms with Gasteiger partial charge in [-0.1, -0.05) is 24.3 Å². The first-order chi connectivity index (χ1) is 16.9. The second-order valence-corrected chi connectivity index (χ2v) is 7.51. The molecule has 0 aliphatic carbocycles. The number of hydrogen-bond donors (Lipinski definition) is 2. The van der Waals surface area contributed by atoms with E-state index in [4.69, 9.17) is 24.1 Å². The number of aliphatic hydroxyl groups excluding tert-OH is 1. The van der Waals surface area contributed by atoms with Crippen molar-refractivity contribution in [2.24, 2.45) is 0 Å². The van der Waals surface area contributed by atoms with Crippen molar-refractivity contribution in [3.8, 4) is 11.5 Å². The molecule has 1 amide bonds. The summed E-state index contributed by atoms with van der Waals surface area (Å²) in [6.45, 7) is 4.03. The highest BCUT2D eigenvalue weighted by atomic mass is 16.6. The average molecular weight is 484 g/mol. The molecule has 0 unspecified atom stereocenters. The van der Waals surface area contributed by atoms with E-state index in [1.165, 1.54) is 6.08 Å². The quantitative estimate of drug-likeness (QED) is 0.229. The summed E-state index contributed by atoms with van der Waals surface area (Å²) in [5.41, 5.74) is 2.16. The van der Waals surface area contributed by atoms with Crippen LogP contribution in [0.15, 0.2) is 72.3 Å². The Balaban J connectivity index is 2.05. The zero-order chi connectivity index (χ0) is 25.5. The molecule has 35 heavy (non-hydrogen) atoms. The fourth-order valence-electron chi connectivity index (χ4n) is 3.12. The lowest BCUT2D eigenvalue weighted by Crippen LogP contribution is -2.17. The van der Waals surface area contributed by atoms with Crippen LogP contribution in [0.4, 0.5) is 10.5 Å². The molecule has 0 saturated heterocycles. The highest BCUT2D eigenvalue weighted by Gasteiger charge is 2.17. The normalized spacial score (nSPS) is 12.2. The van der Waals surface area contributed by atoms with Crippen LogP contribution in [-0.4, -0.2) is 44.1 Å². The third-order valence-electron chi connectivity index (χ3n) is 4.81. The van der Waals surface area contributed by atoms with E-state index >= 15 is 0 Å². The summed E-state index contributed by atoms with van der Waals surface area (Å²) in [6, 6.07) is 14.1. The number of allylic oxidation sites excluding steroid dienone is 3. The van der Waals surface area contributed by atoms with Crippen molar-refractivity contribution in [3.05, 3.63) is 77.9 Å². The molecular weight excluding hydrogens is 450 g/mol. The number of nitrogens with one attached hydrogen (secondary N) is 1. The maximum atomic E-state index is 12.6. The molecule has 0 heterocycles. The predicted molar refractivity (Wildman–Crippen MR) is 134 cm³/mol. The largest absolute Gasteiger partial charge is 0.497 e. The number of methoxy groups -OCH3 is 1. The van der Waals surface area contributed by atoms with Gasteiger partial charge in [0, 0.05) is 11.8 Å². The first-order valence-corrected chi connectivity index (χ1v) is 11.4. The number of hydrogen-bond acceptors (Lipinski definition) is 7. The summed E-state index contributed by atoms with van der Waals surface area (Å²) in [5, 5.41) is 11.6. The van der Waals surface area contributed by atoms with Gasteiger partial charge in [-0.15, -0.1) is 0 Å². The van der Waals surface area contributed by atoms with Crippen LogP contribution in [0.1, 0.15) is 38.4 Å². The third kappa shape index (κ3) is 10.4. The van der Waals surface area contributed by atoms with Crippen LogP contribution in [0.25, 0.3) is 0 Å². The van der Waals surface area contributed by atoms with Gasteiger partial charge in [0.1, 0.15) is 24.2 Å². The molecule has 0 saturated carbocycles. The van der Waals surface area contributed by atoms with Gasteiger partial charge in [0.15, 0.2) is 0 Å². The van der Waals surface area contributed by atoms with E-state index in [1.54, 1.807) is 50.4 Å². The minimum Gasteiger partial charge on any atom is -0.497 e. The van der Waals surface area contributed by atoms with E-state index in [9.17, 15) is 9.59 Å². The highest BCUT2D eigenvalue weighted by molar-refractivity contribution is 5.85. The Bertz CT molecular complexity index is 982. The molecule has 188 valence electrons. The summed E-state index contributed by atoms with van der Waals surface area (Å²) in [5.74, 6) is 0.919. The van der Waals surface area contributed by atoms with Gasteiger partial charge in [-0.2, -0.15) is 0 Å². The Labute approximate surface area is 206 Å². The monoisotopic (exact) mass is 483 g/mol. The van der Waals surface area contributed by atoms with Gasteiger partial charge < -0.3 is 24.1 Å². The van der Waals surface area contributed by atoms with E-state index in [0.717, 1.165) is 11.1 Å². The molecule has 1 atom stereocenters. The second-order valence-electron chi connectivity index (χ2n) is 7.51. The zero-order valence-corrected chi connectivity index (χ0v) is 20.4. The van der Waals surface area contributed by atoms with Crippen molar-refractivity contribution in [1.82, 2.24) is 0 Å². The number of amides is 1. The molecule has 0 aliphatic heterocycles. The molecule has 0 fully saturated rings. The number of carbonyl (C=O) groups excluding carboxylic acids is 2. The smallest absolute Gasteiger partial charge is 0.412 e. The molecule has 8 heteroatoms. The van der Waals surface area contributed by atoms with Gasteiger partial charge in [-0.25, -0.2) is 9.59 Å². The number of carbonyl (C=O) groups is 2. The maximum absolute atomic E-state index is 12.6. The number of anilines is 1. The Kier molecular flexibility index (Phi) is 11.9. The van der Waals surface area contributed by atoms with Gasteiger partial charge in [0.2, 0.25) is 0 Å². The van der Waals surface area contributed by atoms with Crippen LogP contribution < -0.4 is 14.8 Å². The molecule has 0 aliphatic rings. The Morgan fingerprint density at radius 3 is 2.37 bits per heavy atom. The molecular formula is C27H33NO7. The lowest BCUT2D eigenvalue weighted by atomic mass is 10.0. The summed E-state index contributed by atoms with van der Waals surface area (Å²) in [4.78, 5) is 24.1. The lowest BCUT2D eigenvalue weighted by Gasteiger charge is -2.19. The third-order valence-corrected chi connectivity index (χ3v) is 4.81. The van der Waals surface area contributed by atoms with E-state index in [1.807, 2.05) is 31.2 Å². The van der Waals surface area contributed by atoms with Crippen LogP contribution >= 0.6 is 0 Å². The second kappa shape index (κ2) is 15.2. The van der Waals surface area contributed by atoms with Crippen molar-refractivity contribution in [1.29, 1.82) is 0 Å². The topological polar surface area (TPSA) is 103 Å². The molecule has 2 rings (SSSR count). The van der Waals surface area contributed by atoms with Crippen LogP contribution in [0.2, 0.25) is 0 Å². The number of ether oxygens (including phenoxy) is 4. The molecule has 0 spiro atoms. The predicted octanol–water partition coefficient (Wildman–Crippen LogP) is 5.20. The number of esters is 1. The molecule has 2 N–H and O–H groups in total. The van der Waals surface area contributed by atoms with Crippen molar-refractivity contribution in [3.63, 3.8) is 0 Å². The van der Waals surface area contributed by atoms with E-state index in [-0.39, 0.29) is 19.2 Å². The van der Waals surface area contributed by atoms with Gasteiger partial charge in [0.25, 0.3) is 0 Å². The van der Waals surface area contributed by atoms with Crippen LogP contribution in [0, 0.1) is 0 Å². The van der Waals surface area contributed by atoms with Gasteiger partial charge in [-0.05, 0) is 74.2 Å². The Morgan fingerprint density at radius 1 is 1.06 bits per heavy atom. The summed E-state index contributed by atoms with van der Waals surface area (Å²) >= 11 is 0. The SMILES string of the molecule is CCOC(=O)/C=C(C)/C=C/CC[C@@H](OC(=O)Nc1ccc(OC)cc1)c1ccc(OCCO)cc1. The maximum Gasteiger partial charge on any atom is 0.412 e. The standard InChI is InChI=1S/C27H33NO7/c1-4-33-26(30)19-20(2)7-5-6-8-25(21-9-13-24(14-10-21)34-18-17-29)35-27(31)28-22-11-15-23(32-3)16-12-22/h5,7,9-16,19,25,29H,4,6,8,17-18H2,1-3H3,(H,28,31)/b7-5+,20-19+/t25-/m1/s1. The molecule has 0 aromatic heterocycles. The van der Waals surface area contributed by atoms with Crippen LogP contribution in [0.3, 0.4) is 0 Å². The Morgan fingerprint density at radius 2 is 1.74 bits per heavy atom. The number of rotatable bonds is 13. The number of aliphatic hydroxyl groups is 1. The lowest BCUT2D eigenvalue weighted by molar-refractivity contribution is -0.137. The minimum absolute atomic E-state index is 0.0740. The first kappa shape index (κ1) is 27.5. The van der Waals surface area contributed by atoms with Gasteiger partial charge in [0.05, 0.1) is 20.3 Å². The minimum atomic E-state index is -0.580. The first-order valence-electron chi connectivity index (χ1n) is 11.4. The Hall–Kier alpha value is -3.78. The molecule has 0 bridgehead atoms. The van der Waals surface area contributed by atoms with Crippen molar-refractivity contribution < 1.29 is 33.6 Å². The van der Waals surface area contributed by atoms with Crippen molar-refractivity contribution in [2.75, 3.05) is 32.2 Å². The molecule has 2 aromatic rings. The van der Waals surface area contributed by atoms with Crippen molar-refractivity contribution >= 4 is 17.7 Å². The van der Waals surface area contributed by atoms with E-state index in [0.29, 0.717) is 36.6 Å². The summed E-state index contributed by atoms with van der Waals surface area (Å²) in [6.07, 6.45) is 5.22. The van der Waals surface area contributed by atoms with Crippen LogP contribution in [-0.2, 0) is 14.3 Å². The molecule has 8 nitrogen and oxygen atoms in total. The van der Waals surface area contributed by atoms with Gasteiger partial charge in [-0.3, -0.25) is 5.32 Å². The zero-order valence-electron chi connectivity index (χ0n) is 20.4. The fourth-order valence-corrected chi connectivity index (χ4v) is 3.12. The van der Waals surface area contributed by atoms with E-state index < -0.39 is 12.2 Å². The summed E-state index contributed by atoms with van der Waals surface area (Å²) in [7, 11) is 1.57. The highest BCUT2D eigenvalue weighted by Crippen LogP contribution is 2.26. The van der Waals surface area contributed by atoms with Gasteiger partial charge >= 0.3 is 12.1 Å². The van der Waals surface area contributed by atoms with Crippen molar-refractivity contribution in [2.45, 2.75) is 32.8 Å².